The zero-order valence-corrected chi connectivity index (χ0v) is 12.6. The van der Waals surface area contributed by atoms with E-state index in [0.29, 0.717) is 23.5 Å². The van der Waals surface area contributed by atoms with Crippen molar-refractivity contribution in [3.8, 4) is 5.75 Å². The molecule has 0 atom stereocenters. The van der Waals surface area contributed by atoms with Crippen molar-refractivity contribution in [1.82, 2.24) is 4.90 Å². The Morgan fingerprint density at radius 2 is 2.05 bits per heavy atom. The highest BCUT2D eigenvalue weighted by Crippen LogP contribution is 2.24. The predicted molar refractivity (Wildman–Crippen MR) is 83.1 cm³/mol. The molecule has 0 fully saturated rings. The van der Waals surface area contributed by atoms with Gasteiger partial charge in [0.25, 0.3) is 0 Å². The second kappa shape index (κ2) is 8.43. The maximum atomic E-state index is 11.9. The quantitative estimate of drug-likeness (QED) is 0.717. The number of methoxy groups -OCH3 is 1. The Bertz CT molecular complexity index is 431. The first-order valence-electron chi connectivity index (χ1n) is 7.06. The molecule has 0 aliphatic heterocycles. The molecule has 0 saturated carbocycles. The Morgan fingerprint density at radius 1 is 1.35 bits per heavy atom. The van der Waals surface area contributed by atoms with Crippen molar-refractivity contribution >= 4 is 17.3 Å². The molecule has 0 spiro atoms. The van der Waals surface area contributed by atoms with Crippen molar-refractivity contribution in [3.05, 3.63) is 18.2 Å². The van der Waals surface area contributed by atoms with E-state index in [0.717, 1.165) is 26.1 Å². The topological polar surface area (TPSA) is 67.6 Å². The highest BCUT2D eigenvalue weighted by atomic mass is 16.5. The molecular weight excluding hydrogens is 254 g/mol. The highest BCUT2D eigenvalue weighted by molar-refractivity contribution is 5.93. The lowest BCUT2D eigenvalue weighted by Gasteiger charge is -2.17. The third-order valence-corrected chi connectivity index (χ3v) is 3.31. The van der Waals surface area contributed by atoms with E-state index < -0.39 is 0 Å². The van der Waals surface area contributed by atoms with Crippen LogP contribution in [0.5, 0.6) is 5.75 Å². The van der Waals surface area contributed by atoms with Crippen LogP contribution in [0.1, 0.15) is 26.7 Å². The number of hydrogen-bond donors (Lipinski definition) is 2. The lowest BCUT2D eigenvalue weighted by atomic mass is 10.2. The zero-order valence-electron chi connectivity index (χ0n) is 12.6. The van der Waals surface area contributed by atoms with Gasteiger partial charge in [-0.2, -0.15) is 0 Å². The summed E-state index contributed by atoms with van der Waals surface area (Å²) in [7, 11) is 1.58. The van der Waals surface area contributed by atoms with Crippen LogP contribution in [-0.2, 0) is 4.79 Å². The lowest BCUT2D eigenvalue weighted by Crippen LogP contribution is -2.25. The van der Waals surface area contributed by atoms with Crippen LogP contribution in [0.4, 0.5) is 11.4 Å². The van der Waals surface area contributed by atoms with Gasteiger partial charge in [0, 0.05) is 12.5 Å². The number of anilines is 2. The van der Waals surface area contributed by atoms with Crippen LogP contribution < -0.4 is 15.8 Å². The Labute approximate surface area is 121 Å². The Morgan fingerprint density at radius 3 is 2.60 bits per heavy atom. The molecule has 1 aromatic rings. The first-order valence-corrected chi connectivity index (χ1v) is 7.06. The normalized spacial score (nSPS) is 10.6. The lowest BCUT2D eigenvalue weighted by molar-refractivity contribution is -0.116. The number of rotatable bonds is 8. The monoisotopic (exact) mass is 279 g/mol. The van der Waals surface area contributed by atoms with Crippen LogP contribution in [-0.4, -0.2) is 37.6 Å². The molecule has 0 unspecified atom stereocenters. The third kappa shape index (κ3) is 5.09. The number of carbonyl (C=O) groups is 1. The second-order valence-corrected chi connectivity index (χ2v) is 4.63. The molecule has 0 saturated heterocycles. The van der Waals surface area contributed by atoms with Crippen LogP contribution in [0.25, 0.3) is 0 Å². The average molecular weight is 279 g/mol. The molecule has 20 heavy (non-hydrogen) atoms. The summed E-state index contributed by atoms with van der Waals surface area (Å²) in [5, 5.41) is 2.83. The number of nitrogens with two attached hydrogens (primary N) is 1. The summed E-state index contributed by atoms with van der Waals surface area (Å²) in [5.41, 5.74) is 7.02. The van der Waals surface area contributed by atoms with Gasteiger partial charge in [-0.25, -0.2) is 0 Å². The van der Waals surface area contributed by atoms with E-state index in [2.05, 4.69) is 24.1 Å². The summed E-state index contributed by atoms with van der Waals surface area (Å²) in [4.78, 5) is 14.2. The van der Waals surface area contributed by atoms with Gasteiger partial charge in [0.1, 0.15) is 5.75 Å². The molecule has 1 amide bonds. The number of ether oxygens (including phenoxy) is 1. The number of nitrogen functional groups attached to an aromatic ring is 1. The van der Waals surface area contributed by atoms with Crippen molar-refractivity contribution in [2.75, 3.05) is 37.8 Å². The minimum atomic E-state index is -0.00553. The van der Waals surface area contributed by atoms with Crippen molar-refractivity contribution in [2.24, 2.45) is 0 Å². The second-order valence-electron chi connectivity index (χ2n) is 4.63. The number of hydrogen-bond acceptors (Lipinski definition) is 4. The molecule has 3 N–H and O–H groups in total. The molecule has 112 valence electrons. The largest absolute Gasteiger partial charge is 0.497 e. The molecule has 1 rings (SSSR count). The fraction of sp³-hybridized carbons (Fsp3) is 0.533. The standard InChI is InChI=1S/C15H25N3O2/c1-4-18(5-2)10-6-7-15(19)17-14-9-8-12(20-3)11-13(14)16/h8-9,11H,4-7,10,16H2,1-3H3,(H,17,19). The minimum absolute atomic E-state index is 0.00553. The van der Waals surface area contributed by atoms with Crippen molar-refractivity contribution in [2.45, 2.75) is 26.7 Å². The molecule has 0 bridgehead atoms. The third-order valence-electron chi connectivity index (χ3n) is 3.31. The molecule has 1 aromatic carbocycles. The van der Waals surface area contributed by atoms with Crippen molar-refractivity contribution in [3.63, 3.8) is 0 Å². The number of nitrogens with zero attached hydrogens (tertiary/aromatic N) is 1. The molecule has 0 aliphatic carbocycles. The fourth-order valence-corrected chi connectivity index (χ4v) is 2.00. The van der Waals surface area contributed by atoms with Crippen LogP contribution in [0.15, 0.2) is 18.2 Å². The van der Waals surface area contributed by atoms with Gasteiger partial charge >= 0.3 is 0 Å². The van der Waals surface area contributed by atoms with Gasteiger partial charge in [-0.3, -0.25) is 4.79 Å². The van der Waals surface area contributed by atoms with E-state index in [-0.39, 0.29) is 5.91 Å². The maximum Gasteiger partial charge on any atom is 0.224 e. The molecule has 0 aromatic heterocycles. The van der Waals surface area contributed by atoms with Crippen LogP contribution in [0.2, 0.25) is 0 Å². The summed E-state index contributed by atoms with van der Waals surface area (Å²) in [5.74, 6) is 0.677. The zero-order chi connectivity index (χ0) is 15.0. The Balaban J connectivity index is 2.42. The first kappa shape index (κ1) is 16.3. The maximum absolute atomic E-state index is 11.9. The summed E-state index contributed by atoms with van der Waals surface area (Å²) in [6.07, 6.45) is 1.35. The van der Waals surface area contributed by atoms with Crippen molar-refractivity contribution in [1.29, 1.82) is 0 Å². The summed E-state index contributed by atoms with van der Waals surface area (Å²) >= 11 is 0. The molecule has 0 heterocycles. The number of carbonyl (C=O) groups excluding carboxylic acids is 1. The van der Waals surface area contributed by atoms with E-state index in [1.54, 1.807) is 25.3 Å². The van der Waals surface area contributed by atoms with Gasteiger partial charge in [0.15, 0.2) is 0 Å². The molecule has 5 heteroatoms. The average Bonchev–Trinajstić information content (AvgIpc) is 2.45. The number of amides is 1. The van der Waals surface area contributed by atoms with Gasteiger partial charge in [0.05, 0.1) is 18.5 Å². The molecular formula is C15H25N3O2. The Kier molecular flexibility index (Phi) is 6.87. The van der Waals surface area contributed by atoms with Gasteiger partial charge in [-0.05, 0) is 38.2 Å². The predicted octanol–water partition coefficient (Wildman–Crippen LogP) is 2.34. The Hall–Kier alpha value is -1.75. The number of nitrogens with one attached hydrogen (secondary N) is 1. The minimum Gasteiger partial charge on any atom is -0.497 e. The van der Waals surface area contributed by atoms with Crippen LogP contribution in [0, 0.1) is 0 Å². The van der Waals surface area contributed by atoms with Gasteiger partial charge in [-0.15, -0.1) is 0 Å². The fourth-order valence-electron chi connectivity index (χ4n) is 2.00. The van der Waals surface area contributed by atoms with E-state index in [4.69, 9.17) is 10.5 Å². The van der Waals surface area contributed by atoms with E-state index in [1.807, 2.05) is 0 Å². The van der Waals surface area contributed by atoms with E-state index in [9.17, 15) is 4.79 Å². The summed E-state index contributed by atoms with van der Waals surface area (Å²) in [6.45, 7) is 7.23. The van der Waals surface area contributed by atoms with Crippen LogP contribution in [0.3, 0.4) is 0 Å². The van der Waals surface area contributed by atoms with Gasteiger partial charge < -0.3 is 20.7 Å². The smallest absolute Gasteiger partial charge is 0.224 e. The summed E-state index contributed by atoms with van der Waals surface area (Å²) < 4.78 is 5.07. The van der Waals surface area contributed by atoms with Crippen LogP contribution >= 0.6 is 0 Å². The molecule has 0 aliphatic rings. The molecule has 5 nitrogen and oxygen atoms in total. The van der Waals surface area contributed by atoms with Gasteiger partial charge in [-0.1, -0.05) is 13.8 Å². The highest BCUT2D eigenvalue weighted by Gasteiger charge is 2.07. The van der Waals surface area contributed by atoms with E-state index >= 15 is 0 Å². The van der Waals surface area contributed by atoms with Gasteiger partial charge in [0.2, 0.25) is 5.91 Å². The number of benzene rings is 1. The first-order chi connectivity index (χ1) is 9.60. The molecule has 0 radical (unpaired) electrons. The SMILES string of the molecule is CCN(CC)CCCC(=O)Nc1ccc(OC)cc1N. The summed E-state index contributed by atoms with van der Waals surface area (Å²) in [6, 6.07) is 5.24. The van der Waals surface area contributed by atoms with E-state index in [1.165, 1.54) is 0 Å². The van der Waals surface area contributed by atoms with Crippen molar-refractivity contribution < 1.29 is 9.53 Å².